The molecule has 1 atom stereocenters. The lowest BCUT2D eigenvalue weighted by atomic mass is 9.83. The number of thioether (sulfide) groups is 1. The molecule has 2 aliphatic carbocycles. The summed E-state index contributed by atoms with van der Waals surface area (Å²) in [6, 6.07) is 6.59. The summed E-state index contributed by atoms with van der Waals surface area (Å²) in [5, 5.41) is 21.8. The van der Waals surface area contributed by atoms with Crippen LogP contribution in [0.2, 0.25) is 0 Å². The van der Waals surface area contributed by atoms with Crippen LogP contribution in [-0.2, 0) is 4.79 Å². The Hall–Kier alpha value is -2.40. The molecular weight excluding hydrogens is 372 g/mol. The Kier molecular flexibility index (Phi) is 5.36. The third kappa shape index (κ3) is 3.90. The number of aromatic nitrogens is 4. The van der Waals surface area contributed by atoms with Crippen molar-refractivity contribution in [2.75, 3.05) is 0 Å². The van der Waals surface area contributed by atoms with E-state index in [9.17, 15) is 10.1 Å². The van der Waals surface area contributed by atoms with Crippen LogP contribution >= 0.6 is 11.8 Å². The Morgan fingerprint density at radius 1 is 1.36 bits per heavy atom. The Bertz CT molecular complexity index is 880. The molecule has 2 aromatic heterocycles. The predicted octanol–water partition coefficient (Wildman–Crippen LogP) is 3.50. The fraction of sp³-hybridized carbons (Fsp3) is 0.550. The van der Waals surface area contributed by atoms with E-state index in [2.05, 4.69) is 31.1 Å². The van der Waals surface area contributed by atoms with Crippen molar-refractivity contribution in [3.05, 3.63) is 24.5 Å². The zero-order valence-electron chi connectivity index (χ0n) is 16.0. The van der Waals surface area contributed by atoms with Gasteiger partial charge >= 0.3 is 0 Å². The summed E-state index contributed by atoms with van der Waals surface area (Å²) in [5.41, 5.74) is 0.214. The van der Waals surface area contributed by atoms with Crippen molar-refractivity contribution < 1.29 is 4.79 Å². The van der Waals surface area contributed by atoms with Gasteiger partial charge in [0.15, 0.2) is 11.0 Å². The molecule has 0 bridgehead atoms. The molecule has 0 radical (unpaired) electrons. The fourth-order valence-electron chi connectivity index (χ4n) is 3.68. The van der Waals surface area contributed by atoms with Crippen LogP contribution < -0.4 is 5.32 Å². The monoisotopic (exact) mass is 396 g/mol. The molecule has 0 saturated heterocycles. The minimum atomic E-state index is -0.713. The van der Waals surface area contributed by atoms with Gasteiger partial charge in [0.1, 0.15) is 5.54 Å². The Morgan fingerprint density at radius 2 is 2.14 bits per heavy atom. The maximum atomic E-state index is 12.8. The summed E-state index contributed by atoms with van der Waals surface area (Å²) in [6.45, 7) is 1.86. The standard InChI is InChI=1S/C20H24N6OS/c1-14(18(27)23-20(13-21)9-3-2-4-10-20)28-19-25-24-17(26(19)16-7-8-16)15-6-5-11-22-12-15/h5-6,11-12,14,16H,2-4,7-10H2,1H3,(H,23,27)/t14-/m0/s1. The van der Waals surface area contributed by atoms with Crippen molar-refractivity contribution in [3.63, 3.8) is 0 Å². The number of carbonyl (C=O) groups is 1. The number of hydrogen-bond donors (Lipinski definition) is 1. The highest BCUT2D eigenvalue weighted by Gasteiger charge is 2.36. The van der Waals surface area contributed by atoms with Gasteiger partial charge < -0.3 is 5.32 Å². The first-order valence-electron chi connectivity index (χ1n) is 9.87. The zero-order valence-corrected chi connectivity index (χ0v) is 16.8. The second-order valence-corrected chi connectivity index (χ2v) is 8.96. The minimum absolute atomic E-state index is 0.110. The van der Waals surface area contributed by atoms with Gasteiger partial charge in [-0.1, -0.05) is 31.0 Å². The van der Waals surface area contributed by atoms with E-state index in [1.54, 1.807) is 12.4 Å². The Balaban J connectivity index is 1.50. The number of nitriles is 1. The number of hydrogen-bond acceptors (Lipinski definition) is 6. The maximum Gasteiger partial charge on any atom is 0.234 e. The van der Waals surface area contributed by atoms with E-state index in [4.69, 9.17) is 0 Å². The SMILES string of the molecule is C[C@H](Sc1nnc(-c2cccnc2)n1C1CC1)C(=O)NC1(C#N)CCCCC1. The van der Waals surface area contributed by atoms with Crippen LogP contribution in [0.3, 0.4) is 0 Å². The van der Waals surface area contributed by atoms with Gasteiger partial charge in [-0.05, 0) is 44.7 Å². The van der Waals surface area contributed by atoms with Gasteiger partial charge in [-0.3, -0.25) is 14.3 Å². The average molecular weight is 397 g/mol. The van der Waals surface area contributed by atoms with Gasteiger partial charge in [0.05, 0.1) is 11.3 Å². The number of nitrogens with one attached hydrogen (secondary N) is 1. The summed E-state index contributed by atoms with van der Waals surface area (Å²) in [4.78, 5) is 17.0. The van der Waals surface area contributed by atoms with E-state index in [0.29, 0.717) is 6.04 Å². The number of rotatable bonds is 6. The lowest BCUT2D eigenvalue weighted by molar-refractivity contribution is -0.121. The molecule has 1 amide bonds. The molecule has 0 unspecified atom stereocenters. The van der Waals surface area contributed by atoms with Crippen LogP contribution in [-0.4, -0.2) is 36.4 Å². The topological polar surface area (TPSA) is 96.5 Å². The summed E-state index contributed by atoms with van der Waals surface area (Å²) >= 11 is 1.41. The quantitative estimate of drug-likeness (QED) is 0.751. The summed E-state index contributed by atoms with van der Waals surface area (Å²) in [7, 11) is 0. The van der Waals surface area contributed by atoms with Crippen molar-refractivity contribution in [3.8, 4) is 17.5 Å². The first kappa shape index (κ1) is 18.9. The largest absolute Gasteiger partial charge is 0.337 e. The van der Waals surface area contributed by atoms with Crippen molar-refractivity contribution in [1.82, 2.24) is 25.1 Å². The highest BCUT2D eigenvalue weighted by molar-refractivity contribution is 8.00. The molecule has 2 heterocycles. The predicted molar refractivity (Wildman–Crippen MR) is 106 cm³/mol. The molecule has 8 heteroatoms. The van der Waals surface area contributed by atoms with Crippen LogP contribution in [0.25, 0.3) is 11.4 Å². The molecule has 7 nitrogen and oxygen atoms in total. The molecule has 1 N–H and O–H groups in total. The first-order valence-corrected chi connectivity index (χ1v) is 10.7. The van der Waals surface area contributed by atoms with Crippen molar-refractivity contribution >= 4 is 17.7 Å². The molecule has 4 rings (SSSR count). The van der Waals surface area contributed by atoms with Gasteiger partial charge in [0.25, 0.3) is 0 Å². The minimum Gasteiger partial charge on any atom is -0.337 e. The number of carbonyl (C=O) groups excluding carboxylic acids is 1. The third-order valence-electron chi connectivity index (χ3n) is 5.43. The fourth-order valence-corrected chi connectivity index (χ4v) is 4.60. The number of nitrogens with zero attached hydrogens (tertiary/aromatic N) is 5. The van der Waals surface area contributed by atoms with Crippen molar-refractivity contribution in [2.24, 2.45) is 0 Å². The summed E-state index contributed by atoms with van der Waals surface area (Å²) in [6.07, 6.45) is 10.3. The van der Waals surface area contributed by atoms with E-state index in [1.165, 1.54) is 11.8 Å². The molecule has 2 aromatic rings. The van der Waals surface area contributed by atoms with Crippen LogP contribution in [0.15, 0.2) is 29.7 Å². The Labute approximate surface area is 168 Å². The van der Waals surface area contributed by atoms with Gasteiger partial charge in [-0.15, -0.1) is 10.2 Å². The van der Waals surface area contributed by atoms with E-state index in [1.807, 2.05) is 19.1 Å². The number of pyridine rings is 1. The molecule has 0 aromatic carbocycles. The second-order valence-electron chi connectivity index (χ2n) is 7.65. The number of amides is 1. The molecule has 2 fully saturated rings. The average Bonchev–Trinajstić information content (AvgIpc) is 3.49. The molecule has 146 valence electrons. The van der Waals surface area contributed by atoms with E-state index in [0.717, 1.165) is 61.5 Å². The van der Waals surface area contributed by atoms with Crippen LogP contribution in [0.4, 0.5) is 0 Å². The lowest BCUT2D eigenvalue weighted by Crippen LogP contribution is -2.51. The van der Waals surface area contributed by atoms with E-state index in [-0.39, 0.29) is 11.2 Å². The molecular formula is C20H24N6OS. The van der Waals surface area contributed by atoms with Crippen molar-refractivity contribution in [1.29, 1.82) is 5.26 Å². The van der Waals surface area contributed by atoms with Gasteiger partial charge in [0.2, 0.25) is 5.91 Å². The molecule has 0 aliphatic heterocycles. The summed E-state index contributed by atoms with van der Waals surface area (Å²) < 4.78 is 2.13. The van der Waals surface area contributed by atoms with Gasteiger partial charge in [-0.2, -0.15) is 5.26 Å². The normalized spacial score (nSPS) is 19.6. The van der Waals surface area contributed by atoms with E-state index < -0.39 is 5.54 Å². The van der Waals surface area contributed by atoms with E-state index >= 15 is 0 Å². The third-order valence-corrected chi connectivity index (χ3v) is 6.49. The molecule has 2 aliphatic rings. The molecule has 28 heavy (non-hydrogen) atoms. The second kappa shape index (κ2) is 7.92. The van der Waals surface area contributed by atoms with Gasteiger partial charge in [-0.25, -0.2) is 0 Å². The lowest BCUT2D eigenvalue weighted by Gasteiger charge is -2.32. The van der Waals surface area contributed by atoms with Crippen LogP contribution in [0.1, 0.15) is 57.9 Å². The van der Waals surface area contributed by atoms with Crippen molar-refractivity contribution in [2.45, 2.75) is 73.9 Å². The highest BCUT2D eigenvalue weighted by atomic mass is 32.2. The van der Waals surface area contributed by atoms with Crippen LogP contribution in [0, 0.1) is 11.3 Å². The smallest absolute Gasteiger partial charge is 0.234 e. The zero-order chi connectivity index (χ0) is 19.6. The maximum absolute atomic E-state index is 12.8. The first-order chi connectivity index (χ1) is 13.6. The summed E-state index contributed by atoms with van der Waals surface area (Å²) in [5.74, 6) is 0.688. The van der Waals surface area contributed by atoms with Gasteiger partial charge in [0, 0.05) is 24.0 Å². The van der Waals surface area contributed by atoms with Crippen LogP contribution in [0.5, 0.6) is 0 Å². The Morgan fingerprint density at radius 3 is 2.79 bits per heavy atom. The molecule has 0 spiro atoms. The highest BCUT2D eigenvalue weighted by Crippen LogP contribution is 2.41. The molecule has 2 saturated carbocycles.